The van der Waals surface area contributed by atoms with Crippen molar-refractivity contribution in [2.24, 2.45) is 5.92 Å². The molecule has 1 heterocycles. The summed E-state index contributed by atoms with van der Waals surface area (Å²) in [5, 5.41) is 3.37. The minimum atomic E-state index is -0.627. The molecule has 1 aliphatic rings. The smallest absolute Gasteiger partial charge is 0.256 e. The Kier molecular flexibility index (Phi) is 5.59. The number of carbonyl (C=O) groups excluding carboxylic acids is 1. The molecule has 5 heteroatoms. The molecule has 1 aromatic carbocycles. The molecule has 0 aromatic heterocycles. The SMILES string of the molecule is CC(C)CN(CC1CCCN1)C(=O)c1cccc(Cl)c1F. The quantitative estimate of drug-likeness (QED) is 0.904. The maximum atomic E-state index is 14.1. The number of benzene rings is 1. The molecule has 0 bridgehead atoms. The lowest BCUT2D eigenvalue weighted by molar-refractivity contribution is 0.0716. The molecule has 1 saturated heterocycles. The Balaban J connectivity index is 2.18. The van der Waals surface area contributed by atoms with E-state index >= 15 is 0 Å². The Labute approximate surface area is 130 Å². The van der Waals surface area contributed by atoms with Crippen LogP contribution in [0.15, 0.2) is 18.2 Å². The van der Waals surface area contributed by atoms with Crippen LogP contribution in [0.1, 0.15) is 37.0 Å². The number of rotatable bonds is 5. The number of nitrogens with zero attached hydrogens (tertiary/aromatic N) is 1. The van der Waals surface area contributed by atoms with E-state index in [0.717, 1.165) is 19.4 Å². The summed E-state index contributed by atoms with van der Waals surface area (Å²) in [5.41, 5.74) is 0.0566. The van der Waals surface area contributed by atoms with Gasteiger partial charge in [-0.3, -0.25) is 4.79 Å². The minimum Gasteiger partial charge on any atom is -0.337 e. The monoisotopic (exact) mass is 312 g/mol. The first kappa shape index (κ1) is 16.2. The van der Waals surface area contributed by atoms with Gasteiger partial charge in [-0.25, -0.2) is 4.39 Å². The molecule has 1 aromatic rings. The summed E-state index contributed by atoms with van der Waals surface area (Å²) < 4.78 is 14.1. The van der Waals surface area contributed by atoms with E-state index in [2.05, 4.69) is 19.2 Å². The lowest BCUT2D eigenvalue weighted by Crippen LogP contribution is -2.43. The van der Waals surface area contributed by atoms with E-state index in [-0.39, 0.29) is 16.5 Å². The van der Waals surface area contributed by atoms with Crippen LogP contribution >= 0.6 is 11.6 Å². The van der Waals surface area contributed by atoms with Crippen molar-refractivity contribution in [3.8, 4) is 0 Å². The molecule has 1 N–H and O–H groups in total. The fourth-order valence-corrected chi connectivity index (χ4v) is 2.87. The third-order valence-corrected chi connectivity index (χ3v) is 3.95. The largest absolute Gasteiger partial charge is 0.337 e. The average molecular weight is 313 g/mol. The zero-order chi connectivity index (χ0) is 15.4. The molecule has 116 valence electrons. The van der Waals surface area contributed by atoms with Gasteiger partial charge in [-0.2, -0.15) is 0 Å². The predicted molar refractivity (Wildman–Crippen MR) is 83.2 cm³/mol. The van der Waals surface area contributed by atoms with Gasteiger partial charge in [0.2, 0.25) is 0 Å². The molecule has 21 heavy (non-hydrogen) atoms. The number of amides is 1. The van der Waals surface area contributed by atoms with E-state index in [1.54, 1.807) is 11.0 Å². The molecule has 1 fully saturated rings. The van der Waals surface area contributed by atoms with Crippen molar-refractivity contribution in [2.45, 2.75) is 32.7 Å². The van der Waals surface area contributed by atoms with Gasteiger partial charge in [-0.05, 0) is 37.4 Å². The van der Waals surface area contributed by atoms with Gasteiger partial charge in [-0.1, -0.05) is 31.5 Å². The lowest BCUT2D eigenvalue weighted by Gasteiger charge is -2.28. The molecule has 1 amide bonds. The van der Waals surface area contributed by atoms with E-state index in [1.807, 2.05) is 0 Å². The van der Waals surface area contributed by atoms with Gasteiger partial charge in [0.05, 0.1) is 10.6 Å². The summed E-state index contributed by atoms with van der Waals surface area (Å²) in [6.45, 7) is 6.32. The minimum absolute atomic E-state index is 0.00987. The van der Waals surface area contributed by atoms with Gasteiger partial charge in [-0.15, -0.1) is 0 Å². The summed E-state index contributed by atoms with van der Waals surface area (Å²) in [4.78, 5) is 14.4. The lowest BCUT2D eigenvalue weighted by atomic mass is 10.1. The maximum Gasteiger partial charge on any atom is 0.256 e. The van der Waals surface area contributed by atoms with E-state index in [0.29, 0.717) is 25.0 Å². The van der Waals surface area contributed by atoms with Crippen molar-refractivity contribution in [3.05, 3.63) is 34.6 Å². The van der Waals surface area contributed by atoms with Crippen LogP contribution in [-0.2, 0) is 0 Å². The van der Waals surface area contributed by atoms with Crippen LogP contribution in [0.5, 0.6) is 0 Å². The zero-order valence-electron chi connectivity index (χ0n) is 12.5. The Morgan fingerprint density at radius 1 is 1.52 bits per heavy atom. The molecule has 1 unspecified atom stereocenters. The number of nitrogens with one attached hydrogen (secondary N) is 1. The van der Waals surface area contributed by atoms with Gasteiger partial charge in [0.15, 0.2) is 5.82 Å². The summed E-state index contributed by atoms with van der Waals surface area (Å²) in [7, 11) is 0. The fraction of sp³-hybridized carbons (Fsp3) is 0.562. The summed E-state index contributed by atoms with van der Waals surface area (Å²) in [5.74, 6) is -0.577. The van der Waals surface area contributed by atoms with Crippen LogP contribution in [0.2, 0.25) is 5.02 Å². The number of carbonyl (C=O) groups is 1. The van der Waals surface area contributed by atoms with Crippen LogP contribution in [0.25, 0.3) is 0 Å². The van der Waals surface area contributed by atoms with Crippen LogP contribution in [0.4, 0.5) is 4.39 Å². The summed E-state index contributed by atoms with van der Waals surface area (Å²) in [6.07, 6.45) is 2.18. The third kappa shape index (κ3) is 4.17. The first-order valence-corrected chi connectivity index (χ1v) is 7.83. The van der Waals surface area contributed by atoms with Gasteiger partial charge in [0.25, 0.3) is 5.91 Å². The Morgan fingerprint density at radius 3 is 2.90 bits per heavy atom. The van der Waals surface area contributed by atoms with Gasteiger partial charge in [0.1, 0.15) is 0 Å². The highest BCUT2D eigenvalue weighted by molar-refractivity contribution is 6.31. The standard InChI is InChI=1S/C16H22ClFN2O/c1-11(2)9-20(10-12-5-4-8-19-12)16(21)13-6-3-7-14(17)15(13)18/h3,6-7,11-12,19H,4-5,8-10H2,1-2H3. The van der Waals surface area contributed by atoms with Gasteiger partial charge < -0.3 is 10.2 Å². The third-order valence-electron chi connectivity index (χ3n) is 3.66. The van der Waals surface area contributed by atoms with Crippen molar-refractivity contribution < 1.29 is 9.18 Å². The normalized spacial score (nSPS) is 18.2. The summed E-state index contributed by atoms with van der Waals surface area (Å²) in [6, 6.07) is 4.87. The number of hydrogen-bond donors (Lipinski definition) is 1. The number of halogens is 2. The van der Waals surface area contributed by atoms with Crippen LogP contribution in [0, 0.1) is 11.7 Å². The molecular formula is C16H22ClFN2O. The fourth-order valence-electron chi connectivity index (χ4n) is 2.70. The molecule has 0 saturated carbocycles. The Bertz CT molecular complexity index is 501. The van der Waals surface area contributed by atoms with Crippen LogP contribution in [0.3, 0.4) is 0 Å². The molecule has 0 aliphatic carbocycles. The molecular weight excluding hydrogens is 291 g/mol. The first-order chi connectivity index (χ1) is 9.99. The van der Waals surface area contributed by atoms with Crippen LogP contribution in [-0.4, -0.2) is 36.5 Å². The predicted octanol–water partition coefficient (Wildman–Crippen LogP) is 3.33. The van der Waals surface area contributed by atoms with Crippen molar-refractivity contribution in [2.75, 3.05) is 19.6 Å². The van der Waals surface area contributed by atoms with Gasteiger partial charge >= 0.3 is 0 Å². The van der Waals surface area contributed by atoms with E-state index in [1.165, 1.54) is 12.1 Å². The molecule has 2 rings (SSSR count). The second kappa shape index (κ2) is 7.23. The second-order valence-electron chi connectivity index (χ2n) is 6.00. The Morgan fingerprint density at radius 2 is 2.29 bits per heavy atom. The average Bonchev–Trinajstić information content (AvgIpc) is 2.93. The maximum absolute atomic E-state index is 14.1. The highest BCUT2D eigenvalue weighted by atomic mass is 35.5. The topological polar surface area (TPSA) is 32.3 Å². The molecule has 3 nitrogen and oxygen atoms in total. The van der Waals surface area contributed by atoms with Crippen molar-refractivity contribution >= 4 is 17.5 Å². The highest BCUT2D eigenvalue weighted by Gasteiger charge is 2.25. The van der Waals surface area contributed by atoms with Crippen LogP contribution < -0.4 is 5.32 Å². The van der Waals surface area contributed by atoms with Crippen molar-refractivity contribution in [3.63, 3.8) is 0 Å². The summed E-state index contributed by atoms with van der Waals surface area (Å²) >= 11 is 5.78. The van der Waals surface area contributed by atoms with E-state index in [9.17, 15) is 9.18 Å². The molecule has 1 atom stereocenters. The first-order valence-electron chi connectivity index (χ1n) is 7.45. The zero-order valence-corrected chi connectivity index (χ0v) is 13.3. The van der Waals surface area contributed by atoms with Gasteiger partial charge in [0, 0.05) is 19.1 Å². The molecule has 0 spiro atoms. The highest BCUT2D eigenvalue weighted by Crippen LogP contribution is 2.20. The molecule has 0 radical (unpaired) electrons. The van der Waals surface area contributed by atoms with Crippen molar-refractivity contribution in [1.29, 1.82) is 0 Å². The second-order valence-corrected chi connectivity index (χ2v) is 6.41. The Hall–Kier alpha value is -1.13. The molecule has 1 aliphatic heterocycles. The van der Waals surface area contributed by atoms with Crippen molar-refractivity contribution in [1.82, 2.24) is 10.2 Å². The van der Waals surface area contributed by atoms with E-state index in [4.69, 9.17) is 11.6 Å². The number of hydrogen-bond acceptors (Lipinski definition) is 2. The van der Waals surface area contributed by atoms with E-state index < -0.39 is 5.82 Å².